The van der Waals surface area contributed by atoms with E-state index >= 15 is 0 Å². The van der Waals surface area contributed by atoms with Crippen molar-refractivity contribution in [1.29, 1.82) is 0 Å². The maximum Gasteiger partial charge on any atom is 0.361 e. The van der Waals surface area contributed by atoms with Crippen LogP contribution in [0.4, 0.5) is 0 Å². The fourth-order valence-corrected chi connectivity index (χ4v) is 3.46. The lowest BCUT2D eigenvalue weighted by molar-refractivity contribution is -0.0441. The normalized spacial score (nSPS) is 16.9. The van der Waals surface area contributed by atoms with Crippen molar-refractivity contribution in [3.8, 4) is 0 Å². The maximum atomic E-state index is 12.5. The molecular formula is C13H19O5P. The summed E-state index contributed by atoms with van der Waals surface area (Å²) in [7, 11) is -3.20. The summed E-state index contributed by atoms with van der Waals surface area (Å²) in [4.78, 5) is 0. The zero-order valence-electron chi connectivity index (χ0n) is 11.2. The molecule has 0 radical (unpaired) electrons. The van der Waals surface area contributed by atoms with Crippen molar-refractivity contribution in [2.24, 2.45) is 0 Å². The first-order chi connectivity index (χ1) is 9.19. The van der Waals surface area contributed by atoms with Crippen LogP contribution in [0, 0.1) is 0 Å². The highest BCUT2D eigenvalue weighted by molar-refractivity contribution is 7.62. The van der Waals surface area contributed by atoms with E-state index in [1.807, 2.05) is 12.1 Å². The lowest BCUT2D eigenvalue weighted by Crippen LogP contribution is -2.11. The monoisotopic (exact) mass is 286 g/mol. The Morgan fingerprint density at radius 2 is 1.63 bits per heavy atom. The second kappa shape index (κ2) is 6.64. The van der Waals surface area contributed by atoms with Crippen molar-refractivity contribution in [2.75, 3.05) is 26.4 Å². The third-order valence-electron chi connectivity index (χ3n) is 2.70. The van der Waals surface area contributed by atoms with Crippen molar-refractivity contribution in [3.05, 3.63) is 29.8 Å². The third kappa shape index (κ3) is 3.44. The quantitative estimate of drug-likeness (QED) is 0.752. The van der Waals surface area contributed by atoms with Gasteiger partial charge in [0.2, 0.25) is 0 Å². The molecule has 1 heterocycles. The molecule has 1 aromatic carbocycles. The molecule has 0 aromatic heterocycles. The van der Waals surface area contributed by atoms with E-state index in [-0.39, 0.29) is 6.29 Å². The molecule has 0 aliphatic carbocycles. The van der Waals surface area contributed by atoms with Crippen LogP contribution in [-0.2, 0) is 23.1 Å². The average molecular weight is 286 g/mol. The van der Waals surface area contributed by atoms with Crippen molar-refractivity contribution in [1.82, 2.24) is 0 Å². The molecule has 19 heavy (non-hydrogen) atoms. The minimum Gasteiger partial charge on any atom is -0.346 e. The first-order valence-electron chi connectivity index (χ1n) is 6.42. The van der Waals surface area contributed by atoms with Crippen molar-refractivity contribution < 1.29 is 23.1 Å². The lowest BCUT2D eigenvalue weighted by atomic mass is 10.2. The van der Waals surface area contributed by atoms with Gasteiger partial charge in [0.05, 0.1) is 31.7 Å². The van der Waals surface area contributed by atoms with Crippen LogP contribution in [0.25, 0.3) is 0 Å². The maximum absolute atomic E-state index is 12.5. The van der Waals surface area contributed by atoms with Gasteiger partial charge in [0.25, 0.3) is 0 Å². The molecule has 1 fully saturated rings. The van der Waals surface area contributed by atoms with Crippen LogP contribution >= 0.6 is 7.60 Å². The molecule has 1 aliphatic heterocycles. The molecule has 0 bridgehead atoms. The number of ether oxygens (including phenoxy) is 2. The molecule has 0 saturated carbocycles. The van der Waals surface area contributed by atoms with Crippen LogP contribution in [0.5, 0.6) is 0 Å². The largest absolute Gasteiger partial charge is 0.361 e. The van der Waals surface area contributed by atoms with E-state index in [4.69, 9.17) is 18.5 Å². The number of hydrogen-bond donors (Lipinski definition) is 0. The minimum absolute atomic E-state index is 0.326. The summed E-state index contributed by atoms with van der Waals surface area (Å²) in [6.07, 6.45) is -0.326. The highest BCUT2D eigenvalue weighted by Crippen LogP contribution is 2.46. The van der Waals surface area contributed by atoms with Crippen LogP contribution in [0.3, 0.4) is 0 Å². The Bertz CT molecular complexity index is 429. The molecule has 0 amide bonds. The molecule has 1 aliphatic rings. The van der Waals surface area contributed by atoms with E-state index in [2.05, 4.69) is 0 Å². The number of rotatable bonds is 6. The molecular weight excluding hydrogens is 267 g/mol. The van der Waals surface area contributed by atoms with E-state index < -0.39 is 7.60 Å². The van der Waals surface area contributed by atoms with Gasteiger partial charge in [0.15, 0.2) is 6.29 Å². The Morgan fingerprint density at radius 1 is 1.11 bits per heavy atom. The van der Waals surface area contributed by atoms with Crippen LogP contribution in [-0.4, -0.2) is 26.4 Å². The lowest BCUT2D eigenvalue weighted by Gasteiger charge is -2.18. The van der Waals surface area contributed by atoms with E-state index in [9.17, 15) is 4.57 Å². The Morgan fingerprint density at radius 3 is 2.11 bits per heavy atom. The van der Waals surface area contributed by atoms with E-state index in [0.717, 1.165) is 5.56 Å². The molecule has 0 atom stereocenters. The first-order valence-corrected chi connectivity index (χ1v) is 7.96. The van der Waals surface area contributed by atoms with Crippen molar-refractivity contribution >= 4 is 12.9 Å². The summed E-state index contributed by atoms with van der Waals surface area (Å²) in [6, 6.07) is 7.14. The van der Waals surface area contributed by atoms with Crippen LogP contribution in [0.1, 0.15) is 25.7 Å². The summed E-state index contributed by atoms with van der Waals surface area (Å²) in [5.74, 6) is 0. The van der Waals surface area contributed by atoms with Crippen molar-refractivity contribution in [3.63, 3.8) is 0 Å². The molecule has 6 heteroatoms. The average Bonchev–Trinajstić information content (AvgIpc) is 2.93. The fourth-order valence-electron chi connectivity index (χ4n) is 1.89. The summed E-state index contributed by atoms with van der Waals surface area (Å²) >= 11 is 0. The molecule has 0 N–H and O–H groups in total. The topological polar surface area (TPSA) is 54.0 Å². The van der Waals surface area contributed by atoms with E-state index in [1.54, 1.807) is 26.0 Å². The van der Waals surface area contributed by atoms with Crippen LogP contribution in [0.15, 0.2) is 24.3 Å². The van der Waals surface area contributed by atoms with Gasteiger partial charge >= 0.3 is 7.60 Å². The molecule has 2 rings (SSSR count). The molecule has 1 aromatic rings. The molecule has 1 saturated heterocycles. The fraction of sp³-hybridized carbons (Fsp3) is 0.538. The van der Waals surface area contributed by atoms with Gasteiger partial charge in [-0.05, 0) is 26.0 Å². The van der Waals surface area contributed by atoms with E-state index in [1.165, 1.54) is 0 Å². The van der Waals surface area contributed by atoms with Gasteiger partial charge in [-0.25, -0.2) is 0 Å². The Kier molecular flexibility index (Phi) is 5.13. The predicted octanol–water partition coefficient (Wildman–Crippen LogP) is 2.62. The number of benzene rings is 1. The first kappa shape index (κ1) is 14.7. The van der Waals surface area contributed by atoms with Gasteiger partial charge in [0.1, 0.15) is 0 Å². The van der Waals surface area contributed by atoms with Gasteiger partial charge in [0, 0.05) is 5.56 Å². The molecule has 5 nitrogen and oxygen atoms in total. The summed E-state index contributed by atoms with van der Waals surface area (Å²) in [6.45, 7) is 5.47. The van der Waals surface area contributed by atoms with E-state index in [0.29, 0.717) is 31.7 Å². The van der Waals surface area contributed by atoms with Crippen molar-refractivity contribution in [2.45, 2.75) is 20.1 Å². The molecule has 106 valence electrons. The Balaban J connectivity index is 2.17. The van der Waals surface area contributed by atoms with Gasteiger partial charge in [-0.2, -0.15) is 0 Å². The zero-order valence-corrected chi connectivity index (χ0v) is 12.1. The summed E-state index contributed by atoms with van der Waals surface area (Å²) < 4.78 is 33.9. The van der Waals surface area contributed by atoms with Crippen LogP contribution < -0.4 is 5.30 Å². The Hall–Kier alpha value is -0.710. The highest BCUT2D eigenvalue weighted by atomic mass is 31.2. The SMILES string of the molecule is CCOP(=O)(OCC)c1ccc(C2OCCO2)cc1. The zero-order chi connectivity index (χ0) is 13.7. The summed E-state index contributed by atoms with van der Waals surface area (Å²) in [5.41, 5.74) is 0.904. The van der Waals surface area contributed by atoms with Gasteiger partial charge in [-0.15, -0.1) is 0 Å². The molecule has 0 spiro atoms. The second-order valence-corrected chi connectivity index (χ2v) is 6.03. The molecule has 0 unspecified atom stereocenters. The predicted molar refractivity (Wildman–Crippen MR) is 71.6 cm³/mol. The summed E-state index contributed by atoms with van der Waals surface area (Å²) in [5, 5.41) is 0.554. The van der Waals surface area contributed by atoms with Gasteiger partial charge < -0.3 is 18.5 Å². The third-order valence-corrected chi connectivity index (χ3v) is 4.83. The van der Waals surface area contributed by atoms with Gasteiger partial charge in [-0.1, -0.05) is 12.1 Å². The minimum atomic E-state index is -3.20. The Labute approximate surface area is 113 Å². The van der Waals surface area contributed by atoms with Gasteiger partial charge in [-0.3, -0.25) is 4.57 Å². The highest BCUT2D eigenvalue weighted by Gasteiger charge is 2.27. The smallest absolute Gasteiger partial charge is 0.346 e. The number of hydrogen-bond acceptors (Lipinski definition) is 5. The second-order valence-electron chi connectivity index (χ2n) is 4.00. The van der Waals surface area contributed by atoms with Crippen LogP contribution in [0.2, 0.25) is 0 Å². The standard InChI is InChI=1S/C13H19O5P/c1-3-17-19(14,18-4-2)12-7-5-11(6-8-12)13-15-9-10-16-13/h5-8,13H,3-4,9-10H2,1-2H3.